The van der Waals surface area contributed by atoms with Crippen LogP contribution in [0.3, 0.4) is 0 Å². The summed E-state index contributed by atoms with van der Waals surface area (Å²) in [5, 5.41) is 9.89. The summed E-state index contributed by atoms with van der Waals surface area (Å²) in [6.45, 7) is 2.35. The highest BCUT2D eigenvalue weighted by molar-refractivity contribution is 7.99. The number of hydrogen-bond donors (Lipinski definition) is 0. The van der Waals surface area contributed by atoms with Crippen LogP contribution in [0.2, 0.25) is 0 Å². The molecule has 0 fully saturated rings. The Kier molecular flexibility index (Phi) is 8.05. The maximum absolute atomic E-state index is 12.6. The van der Waals surface area contributed by atoms with E-state index in [0.29, 0.717) is 12.4 Å². The molecule has 152 valence electrons. The predicted molar refractivity (Wildman–Crippen MR) is 119 cm³/mol. The van der Waals surface area contributed by atoms with Gasteiger partial charge in [-0.2, -0.15) is 5.26 Å². The van der Waals surface area contributed by atoms with Crippen LogP contribution in [0.1, 0.15) is 34.9 Å². The van der Waals surface area contributed by atoms with Crippen molar-refractivity contribution in [3.05, 3.63) is 95.8 Å². The van der Waals surface area contributed by atoms with Gasteiger partial charge in [0.25, 0.3) is 0 Å². The van der Waals surface area contributed by atoms with Gasteiger partial charge < -0.3 is 4.74 Å². The number of pyridine rings is 1. The Morgan fingerprint density at radius 1 is 1.07 bits per heavy atom. The van der Waals surface area contributed by atoms with Gasteiger partial charge in [-0.3, -0.25) is 9.78 Å². The van der Waals surface area contributed by atoms with E-state index in [1.807, 2.05) is 73.7 Å². The molecule has 30 heavy (non-hydrogen) atoms. The second-order valence-corrected chi connectivity index (χ2v) is 8.16. The van der Waals surface area contributed by atoms with Gasteiger partial charge in [-0.1, -0.05) is 54.1 Å². The molecule has 2 atom stereocenters. The first kappa shape index (κ1) is 21.6. The van der Waals surface area contributed by atoms with Crippen LogP contribution in [0, 0.1) is 18.3 Å². The molecule has 0 amide bonds. The van der Waals surface area contributed by atoms with Crippen LogP contribution in [-0.2, 0) is 9.53 Å². The summed E-state index contributed by atoms with van der Waals surface area (Å²) in [5.74, 6) is -0.380. The molecule has 0 aliphatic carbocycles. The van der Waals surface area contributed by atoms with Crippen molar-refractivity contribution in [1.82, 2.24) is 4.98 Å². The van der Waals surface area contributed by atoms with E-state index in [1.54, 1.807) is 24.2 Å². The van der Waals surface area contributed by atoms with Gasteiger partial charge in [0.2, 0.25) is 0 Å². The highest BCUT2D eigenvalue weighted by atomic mass is 32.2. The second-order valence-electron chi connectivity index (χ2n) is 7.00. The Bertz CT molecular complexity index is 970. The number of thioether (sulfide) groups is 1. The molecule has 0 saturated heterocycles. The monoisotopic (exact) mass is 416 g/mol. The number of carbonyl (C=O) groups is 1. The predicted octanol–water partition coefficient (Wildman–Crippen LogP) is 5.51. The topological polar surface area (TPSA) is 63.0 Å². The molecule has 0 spiro atoms. The van der Waals surface area contributed by atoms with Crippen LogP contribution in [0.25, 0.3) is 0 Å². The van der Waals surface area contributed by atoms with Crippen molar-refractivity contribution in [2.45, 2.75) is 30.1 Å². The van der Waals surface area contributed by atoms with E-state index < -0.39 is 5.92 Å². The van der Waals surface area contributed by atoms with Crippen LogP contribution in [-0.4, -0.2) is 23.3 Å². The van der Waals surface area contributed by atoms with E-state index in [9.17, 15) is 10.1 Å². The molecule has 0 aliphatic heterocycles. The molecule has 3 rings (SSSR count). The minimum absolute atomic E-state index is 0.145. The molecule has 2 aromatic carbocycles. The first-order valence-corrected chi connectivity index (χ1v) is 10.9. The number of carbonyl (C=O) groups excluding carboxylic acids is 1. The highest BCUT2D eigenvalue weighted by Gasteiger charge is 2.28. The number of ether oxygens (including phenoxy) is 1. The fraction of sp³-hybridized carbons (Fsp3) is 0.240. The molecule has 1 heterocycles. The third kappa shape index (κ3) is 6.20. The van der Waals surface area contributed by atoms with Crippen LogP contribution in [0.5, 0.6) is 0 Å². The molecule has 0 saturated carbocycles. The average molecular weight is 417 g/mol. The van der Waals surface area contributed by atoms with Crippen molar-refractivity contribution in [3.8, 4) is 6.07 Å². The summed E-state index contributed by atoms with van der Waals surface area (Å²) < 4.78 is 5.49. The van der Waals surface area contributed by atoms with Gasteiger partial charge in [-0.05, 0) is 36.2 Å². The molecule has 5 heteroatoms. The van der Waals surface area contributed by atoms with Crippen molar-refractivity contribution < 1.29 is 9.53 Å². The Balaban J connectivity index is 1.66. The van der Waals surface area contributed by atoms with Crippen molar-refractivity contribution in [1.29, 1.82) is 5.26 Å². The zero-order valence-corrected chi connectivity index (χ0v) is 17.7. The molecular weight excluding hydrogens is 392 g/mol. The number of nitrogens with zero attached hydrogens (tertiary/aromatic N) is 2. The zero-order chi connectivity index (χ0) is 21.2. The number of rotatable bonds is 9. The van der Waals surface area contributed by atoms with E-state index >= 15 is 0 Å². The second kappa shape index (κ2) is 11.2. The van der Waals surface area contributed by atoms with E-state index in [0.717, 1.165) is 21.6 Å². The molecule has 0 bridgehead atoms. The van der Waals surface area contributed by atoms with E-state index in [1.165, 1.54) is 0 Å². The summed E-state index contributed by atoms with van der Waals surface area (Å²) in [4.78, 5) is 17.9. The molecule has 0 aliphatic rings. The Hall–Kier alpha value is -3.10. The smallest absolute Gasteiger partial charge is 0.306 e. The Labute approximate surface area is 181 Å². The molecular formula is C25H24N2O2S. The van der Waals surface area contributed by atoms with Crippen LogP contribution in [0.4, 0.5) is 0 Å². The number of esters is 1. The SMILES string of the molecule is Cc1ccc(C(CC(=O)OCCSc2ccccc2)C(C#N)c2cccnc2)cc1. The normalized spacial score (nSPS) is 12.5. The lowest BCUT2D eigenvalue weighted by Gasteiger charge is -2.22. The fourth-order valence-corrected chi connectivity index (χ4v) is 4.02. The molecule has 0 N–H and O–H groups in total. The number of nitriles is 1. The first-order chi connectivity index (χ1) is 14.7. The first-order valence-electron chi connectivity index (χ1n) is 9.87. The summed E-state index contributed by atoms with van der Waals surface area (Å²) in [6.07, 6.45) is 3.51. The standard InChI is InChI=1S/C25H24N2O2S/c1-19-9-11-20(12-10-19)23(24(17-26)21-6-5-13-27-18-21)16-25(28)29-14-15-30-22-7-3-2-4-8-22/h2-13,18,23-24H,14-16H2,1H3. The minimum Gasteiger partial charge on any atom is -0.465 e. The van der Waals surface area contributed by atoms with Crippen molar-refractivity contribution in [2.75, 3.05) is 12.4 Å². The third-order valence-electron chi connectivity index (χ3n) is 4.84. The largest absolute Gasteiger partial charge is 0.465 e. The van der Waals surface area contributed by atoms with Crippen LogP contribution in [0.15, 0.2) is 84.0 Å². The number of hydrogen-bond acceptors (Lipinski definition) is 5. The number of benzene rings is 2. The molecule has 1 aromatic heterocycles. The molecule has 4 nitrogen and oxygen atoms in total. The van der Waals surface area contributed by atoms with Crippen LogP contribution >= 0.6 is 11.8 Å². The van der Waals surface area contributed by atoms with E-state index in [4.69, 9.17) is 4.74 Å². The number of aryl methyl sites for hydroxylation is 1. The maximum atomic E-state index is 12.6. The van der Waals surface area contributed by atoms with Crippen molar-refractivity contribution >= 4 is 17.7 Å². The van der Waals surface area contributed by atoms with Gasteiger partial charge >= 0.3 is 5.97 Å². The maximum Gasteiger partial charge on any atom is 0.306 e. The van der Waals surface area contributed by atoms with Gasteiger partial charge in [0.1, 0.15) is 6.61 Å². The number of aromatic nitrogens is 1. The molecule has 3 aromatic rings. The van der Waals surface area contributed by atoms with Gasteiger partial charge in [0.05, 0.1) is 18.4 Å². The molecule has 2 unspecified atom stereocenters. The van der Waals surface area contributed by atoms with Crippen molar-refractivity contribution in [3.63, 3.8) is 0 Å². The summed E-state index contributed by atoms with van der Waals surface area (Å²) in [5.41, 5.74) is 2.89. The lowest BCUT2D eigenvalue weighted by molar-refractivity contribution is -0.143. The van der Waals surface area contributed by atoms with E-state index in [-0.39, 0.29) is 18.3 Å². The fourth-order valence-electron chi connectivity index (χ4n) is 3.27. The van der Waals surface area contributed by atoms with Gasteiger partial charge in [0, 0.05) is 29.0 Å². The lowest BCUT2D eigenvalue weighted by Crippen LogP contribution is -2.17. The lowest BCUT2D eigenvalue weighted by atomic mass is 9.80. The summed E-state index contributed by atoms with van der Waals surface area (Å²) in [7, 11) is 0. The molecule has 0 radical (unpaired) electrons. The van der Waals surface area contributed by atoms with E-state index in [2.05, 4.69) is 11.1 Å². The van der Waals surface area contributed by atoms with Gasteiger partial charge in [-0.25, -0.2) is 0 Å². The highest BCUT2D eigenvalue weighted by Crippen LogP contribution is 2.35. The van der Waals surface area contributed by atoms with Gasteiger partial charge in [-0.15, -0.1) is 11.8 Å². The Morgan fingerprint density at radius 3 is 2.50 bits per heavy atom. The third-order valence-corrected chi connectivity index (χ3v) is 5.81. The summed E-state index contributed by atoms with van der Waals surface area (Å²) in [6, 6.07) is 24.1. The quantitative estimate of drug-likeness (QED) is 0.262. The Morgan fingerprint density at radius 2 is 1.83 bits per heavy atom. The summed E-state index contributed by atoms with van der Waals surface area (Å²) >= 11 is 1.65. The zero-order valence-electron chi connectivity index (χ0n) is 16.9. The van der Waals surface area contributed by atoms with Gasteiger partial charge in [0.15, 0.2) is 0 Å². The van der Waals surface area contributed by atoms with Crippen LogP contribution < -0.4 is 0 Å². The minimum atomic E-state index is -0.479. The van der Waals surface area contributed by atoms with Crippen molar-refractivity contribution in [2.24, 2.45) is 0 Å². The average Bonchev–Trinajstić information content (AvgIpc) is 2.79.